The van der Waals surface area contributed by atoms with Gasteiger partial charge >= 0.3 is 0 Å². The lowest BCUT2D eigenvalue weighted by atomic mass is 10.2. The Hall–Kier alpha value is -1.59. The molecule has 5 nitrogen and oxygen atoms in total. The first-order valence-corrected chi connectivity index (χ1v) is 4.58. The van der Waals surface area contributed by atoms with Crippen molar-refractivity contribution in [2.75, 3.05) is 19.5 Å². The summed E-state index contributed by atoms with van der Waals surface area (Å²) in [6.45, 7) is 0.587. The summed E-state index contributed by atoms with van der Waals surface area (Å²) in [5.41, 5.74) is 4.47. The van der Waals surface area contributed by atoms with Crippen LogP contribution in [-0.2, 0) is 11.3 Å². The third kappa shape index (κ3) is 3.57. The second-order valence-corrected chi connectivity index (χ2v) is 2.97. The van der Waals surface area contributed by atoms with Crippen LogP contribution < -0.4 is 16.6 Å². The van der Waals surface area contributed by atoms with Crippen LogP contribution in [0.4, 0.5) is 5.69 Å². The van der Waals surface area contributed by atoms with Gasteiger partial charge in [0.15, 0.2) is 0 Å². The molecule has 4 N–H and O–H groups in total. The van der Waals surface area contributed by atoms with Crippen molar-refractivity contribution in [3.63, 3.8) is 0 Å². The van der Waals surface area contributed by atoms with Crippen LogP contribution in [0.2, 0.25) is 0 Å². The number of ether oxygens (including phenoxy) is 1. The molecule has 0 heterocycles. The number of guanidine groups is 1. The summed E-state index contributed by atoms with van der Waals surface area (Å²) in [7, 11) is 3.32. The molecule has 0 spiro atoms. The molecule has 0 unspecified atom stereocenters. The van der Waals surface area contributed by atoms with Crippen LogP contribution in [0.3, 0.4) is 0 Å². The van der Waals surface area contributed by atoms with Crippen molar-refractivity contribution in [2.24, 2.45) is 10.8 Å². The average Bonchev–Trinajstić information content (AvgIpc) is 2.27. The number of nitrogens with zero attached hydrogens (tertiary/aromatic N) is 1. The number of methoxy groups -OCH3 is 1. The Kier molecular flexibility index (Phi) is 4.59. The molecular weight excluding hydrogens is 192 g/mol. The van der Waals surface area contributed by atoms with E-state index in [1.165, 1.54) is 0 Å². The molecule has 0 aliphatic rings. The predicted octanol–water partition coefficient (Wildman–Crippen LogP) is 0.694. The number of rotatable bonds is 3. The van der Waals surface area contributed by atoms with E-state index in [9.17, 15) is 0 Å². The molecule has 0 saturated heterocycles. The van der Waals surface area contributed by atoms with Crippen molar-refractivity contribution < 1.29 is 4.74 Å². The van der Waals surface area contributed by atoms with Crippen molar-refractivity contribution in [3.8, 4) is 0 Å². The molecule has 0 aliphatic heterocycles. The number of hydrogen-bond acceptors (Lipinski definition) is 3. The van der Waals surface area contributed by atoms with E-state index in [2.05, 4.69) is 15.7 Å². The van der Waals surface area contributed by atoms with E-state index in [1.54, 1.807) is 14.2 Å². The number of benzene rings is 1. The van der Waals surface area contributed by atoms with Crippen molar-refractivity contribution in [1.82, 2.24) is 5.43 Å². The largest absolute Gasteiger partial charge is 0.380 e. The molecule has 0 radical (unpaired) electrons. The minimum Gasteiger partial charge on any atom is -0.380 e. The van der Waals surface area contributed by atoms with E-state index in [4.69, 9.17) is 10.6 Å². The standard InChI is InChI=1S/C10H16N4O/c1-12-10(14-11)13-9-5-3-4-8(6-9)7-15-2/h3-6H,7,11H2,1-2H3,(H2,12,13,14). The number of hydrazine groups is 1. The molecule has 0 aromatic heterocycles. The summed E-state index contributed by atoms with van der Waals surface area (Å²) in [6, 6.07) is 7.85. The number of nitrogens with one attached hydrogen (secondary N) is 2. The Morgan fingerprint density at radius 3 is 2.93 bits per heavy atom. The molecule has 82 valence electrons. The lowest BCUT2D eigenvalue weighted by Gasteiger charge is -2.09. The smallest absolute Gasteiger partial charge is 0.209 e. The second-order valence-electron chi connectivity index (χ2n) is 2.97. The summed E-state index contributed by atoms with van der Waals surface area (Å²) in [5, 5.41) is 3.04. The average molecular weight is 208 g/mol. The van der Waals surface area contributed by atoms with E-state index in [1.807, 2.05) is 24.3 Å². The van der Waals surface area contributed by atoms with Crippen molar-refractivity contribution in [1.29, 1.82) is 0 Å². The first kappa shape index (κ1) is 11.5. The predicted molar refractivity (Wildman–Crippen MR) is 61.5 cm³/mol. The van der Waals surface area contributed by atoms with E-state index >= 15 is 0 Å². The third-order valence-corrected chi connectivity index (χ3v) is 1.86. The Balaban J connectivity index is 2.72. The van der Waals surface area contributed by atoms with Crippen LogP contribution in [0, 0.1) is 0 Å². The van der Waals surface area contributed by atoms with Gasteiger partial charge in [0.25, 0.3) is 0 Å². The Bertz CT molecular complexity index is 338. The van der Waals surface area contributed by atoms with E-state index in [0.29, 0.717) is 12.6 Å². The van der Waals surface area contributed by atoms with Gasteiger partial charge < -0.3 is 10.1 Å². The normalized spacial score (nSPS) is 11.3. The molecule has 0 aliphatic carbocycles. The van der Waals surface area contributed by atoms with Crippen molar-refractivity contribution in [2.45, 2.75) is 6.61 Å². The summed E-state index contributed by atoms with van der Waals surface area (Å²) >= 11 is 0. The number of hydrogen-bond donors (Lipinski definition) is 3. The lowest BCUT2D eigenvalue weighted by Crippen LogP contribution is -2.36. The molecule has 5 heteroatoms. The highest BCUT2D eigenvalue weighted by atomic mass is 16.5. The topological polar surface area (TPSA) is 71.7 Å². The quantitative estimate of drug-likeness (QED) is 0.296. The van der Waals surface area contributed by atoms with Crippen molar-refractivity contribution >= 4 is 11.6 Å². The van der Waals surface area contributed by atoms with E-state index in [-0.39, 0.29) is 0 Å². The fraction of sp³-hybridized carbons (Fsp3) is 0.300. The second kappa shape index (κ2) is 6.00. The van der Waals surface area contributed by atoms with Crippen LogP contribution in [-0.4, -0.2) is 20.1 Å². The maximum atomic E-state index is 5.26. The summed E-state index contributed by atoms with van der Waals surface area (Å²) in [4.78, 5) is 3.92. The molecule has 0 amide bonds. The van der Waals surface area contributed by atoms with E-state index in [0.717, 1.165) is 11.3 Å². The molecule has 0 fully saturated rings. The van der Waals surface area contributed by atoms with Gasteiger partial charge in [-0.3, -0.25) is 10.4 Å². The van der Waals surface area contributed by atoms with Crippen LogP contribution >= 0.6 is 0 Å². The first-order valence-electron chi connectivity index (χ1n) is 4.58. The molecule has 0 atom stereocenters. The highest BCUT2D eigenvalue weighted by Crippen LogP contribution is 2.10. The minimum atomic E-state index is 0.518. The molecule has 1 aromatic rings. The number of anilines is 1. The molecule has 0 saturated carbocycles. The van der Waals surface area contributed by atoms with Gasteiger partial charge in [0.05, 0.1) is 6.61 Å². The van der Waals surface area contributed by atoms with Gasteiger partial charge in [0.2, 0.25) is 5.96 Å². The molecule has 0 bridgehead atoms. The highest BCUT2D eigenvalue weighted by Gasteiger charge is 1.98. The SMILES string of the molecule is CN=C(NN)Nc1cccc(COC)c1. The summed E-state index contributed by atoms with van der Waals surface area (Å²) in [5.74, 6) is 5.78. The maximum Gasteiger partial charge on any atom is 0.209 e. The van der Waals surface area contributed by atoms with Gasteiger partial charge in [0.1, 0.15) is 0 Å². The van der Waals surface area contributed by atoms with Crippen LogP contribution in [0.15, 0.2) is 29.3 Å². The lowest BCUT2D eigenvalue weighted by molar-refractivity contribution is 0.185. The Labute approximate surface area is 89.3 Å². The van der Waals surface area contributed by atoms with E-state index < -0.39 is 0 Å². The Morgan fingerprint density at radius 2 is 2.33 bits per heavy atom. The van der Waals surface area contributed by atoms with Crippen molar-refractivity contribution in [3.05, 3.63) is 29.8 Å². The first-order chi connectivity index (χ1) is 7.30. The monoisotopic (exact) mass is 208 g/mol. The van der Waals surface area contributed by atoms with Gasteiger partial charge in [-0.25, -0.2) is 5.84 Å². The Morgan fingerprint density at radius 1 is 1.53 bits per heavy atom. The number of nitrogens with two attached hydrogens (primary N) is 1. The number of aliphatic imine (C=N–C) groups is 1. The van der Waals surface area contributed by atoms with Gasteiger partial charge in [-0.15, -0.1) is 0 Å². The van der Waals surface area contributed by atoms with Gasteiger partial charge in [-0.2, -0.15) is 0 Å². The minimum absolute atomic E-state index is 0.518. The zero-order chi connectivity index (χ0) is 11.1. The van der Waals surface area contributed by atoms with Gasteiger partial charge in [0, 0.05) is 19.8 Å². The molecule has 15 heavy (non-hydrogen) atoms. The zero-order valence-corrected chi connectivity index (χ0v) is 8.95. The fourth-order valence-corrected chi connectivity index (χ4v) is 1.20. The maximum absolute atomic E-state index is 5.26. The van der Waals surface area contributed by atoms with Crippen LogP contribution in [0.1, 0.15) is 5.56 Å². The third-order valence-electron chi connectivity index (χ3n) is 1.86. The molecule has 1 aromatic carbocycles. The van der Waals surface area contributed by atoms with Gasteiger partial charge in [-0.1, -0.05) is 12.1 Å². The van der Waals surface area contributed by atoms with Crippen LogP contribution in [0.25, 0.3) is 0 Å². The fourth-order valence-electron chi connectivity index (χ4n) is 1.20. The summed E-state index contributed by atoms with van der Waals surface area (Å²) in [6.07, 6.45) is 0. The molecule has 1 rings (SSSR count). The van der Waals surface area contributed by atoms with Crippen LogP contribution in [0.5, 0.6) is 0 Å². The van der Waals surface area contributed by atoms with Gasteiger partial charge in [-0.05, 0) is 17.7 Å². The zero-order valence-electron chi connectivity index (χ0n) is 8.95. The highest BCUT2D eigenvalue weighted by molar-refractivity contribution is 5.93. The summed E-state index contributed by atoms with van der Waals surface area (Å²) < 4.78 is 5.04. The molecular formula is C10H16N4O.